The summed E-state index contributed by atoms with van der Waals surface area (Å²) in [5, 5.41) is 13.3. The minimum atomic E-state index is -0.655. The first-order valence-corrected chi connectivity index (χ1v) is 7.59. The molecule has 0 aliphatic heterocycles. The maximum absolute atomic E-state index is 13.1. The Labute approximate surface area is 122 Å². The maximum Gasteiger partial charge on any atom is 0.123 e. The van der Waals surface area contributed by atoms with Gasteiger partial charge in [0.1, 0.15) is 5.82 Å². The average molecular weight is 281 g/mol. The molecule has 0 saturated carbocycles. The molecule has 0 aliphatic carbocycles. The van der Waals surface area contributed by atoms with E-state index in [9.17, 15) is 9.50 Å². The number of aliphatic hydroxyl groups is 1. The van der Waals surface area contributed by atoms with Crippen LogP contribution >= 0.6 is 0 Å². The Morgan fingerprint density at radius 1 is 1.30 bits per heavy atom. The highest BCUT2D eigenvalue weighted by molar-refractivity contribution is 5.18. The van der Waals surface area contributed by atoms with Crippen molar-refractivity contribution in [2.24, 2.45) is 5.41 Å². The molecule has 0 aromatic heterocycles. The molecule has 1 atom stereocenters. The largest absolute Gasteiger partial charge is 0.387 e. The highest BCUT2D eigenvalue weighted by Crippen LogP contribution is 2.23. The van der Waals surface area contributed by atoms with Gasteiger partial charge in [0.25, 0.3) is 0 Å². The highest BCUT2D eigenvalue weighted by Gasteiger charge is 2.17. The van der Waals surface area contributed by atoms with E-state index in [1.807, 2.05) is 0 Å². The first kappa shape index (κ1) is 17.1. The predicted molar refractivity (Wildman–Crippen MR) is 82.2 cm³/mol. The summed E-state index contributed by atoms with van der Waals surface area (Å²) >= 11 is 0. The Hall–Kier alpha value is -0.930. The number of benzene rings is 1. The average Bonchev–Trinajstić information content (AvgIpc) is 2.38. The molecule has 114 valence electrons. The van der Waals surface area contributed by atoms with Crippen molar-refractivity contribution < 1.29 is 9.50 Å². The number of unbranched alkanes of at least 4 members (excludes halogenated alkanes) is 2. The van der Waals surface area contributed by atoms with E-state index in [2.05, 4.69) is 26.1 Å². The summed E-state index contributed by atoms with van der Waals surface area (Å²) in [7, 11) is 0. The van der Waals surface area contributed by atoms with E-state index in [-0.39, 0.29) is 11.2 Å². The fourth-order valence-corrected chi connectivity index (χ4v) is 2.32. The third-order valence-corrected chi connectivity index (χ3v) is 3.63. The van der Waals surface area contributed by atoms with Crippen LogP contribution in [0.1, 0.15) is 58.1 Å². The third kappa shape index (κ3) is 6.49. The molecule has 1 unspecified atom stereocenters. The van der Waals surface area contributed by atoms with Crippen LogP contribution in [0.2, 0.25) is 0 Å². The summed E-state index contributed by atoms with van der Waals surface area (Å²) in [5.74, 6) is -0.304. The molecule has 3 heteroatoms. The number of nitrogens with one attached hydrogen (secondary N) is 1. The summed E-state index contributed by atoms with van der Waals surface area (Å²) in [6, 6.07) is 6.16. The zero-order chi connectivity index (χ0) is 15.0. The lowest BCUT2D eigenvalue weighted by molar-refractivity contribution is 0.166. The molecular formula is C17H28FNO. The van der Waals surface area contributed by atoms with Gasteiger partial charge in [0.05, 0.1) is 6.10 Å². The smallest absolute Gasteiger partial charge is 0.123 e. The van der Waals surface area contributed by atoms with Crippen LogP contribution in [0, 0.1) is 11.2 Å². The van der Waals surface area contributed by atoms with Crippen LogP contribution in [0.15, 0.2) is 24.3 Å². The molecule has 0 fully saturated rings. The lowest BCUT2D eigenvalue weighted by atomic mass is 9.87. The summed E-state index contributed by atoms with van der Waals surface area (Å²) in [4.78, 5) is 0. The first-order valence-electron chi connectivity index (χ1n) is 7.59. The van der Waals surface area contributed by atoms with Crippen molar-refractivity contribution in [2.75, 3.05) is 13.1 Å². The van der Waals surface area contributed by atoms with Crippen LogP contribution in [0.4, 0.5) is 4.39 Å². The number of aliphatic hydroxyl groups excluding tert-OH is 1. The molecule has 1 aromatic carbocycles. The van der Waals surface area contributed by atoms with Crippen LogP contribution in [0.25, 0.3) is 0 Å². The van der Waals surface area contributed by atoms with E-state index >= 15 is 0 Å². The number of hydrogen-bond donors (Lipinski definition) is 2. The second-order valence-electron chi connectivity index (χ2n) is 6.32. The van der Waals surface area contributed by atoms with Crippen molar-refractivity contribution in [3.05, 3.63) is 35.6 Å². The van der Waals surface area contributed by atoms with Gasteiger partial charge >= 0.3 is 0 Å². The van der Waals surface area contributed by atoms with Crippen molar-refractivity contribution in [1.29, 1.82) is 0 Å². The molecule has 2 nitrogen and oxygen atoms in total. The van der Waals surface area contributed by atoms with Gasteiger partial charge in [-0.3, -0.25) is 0 Å². The molecule has 2 N–H and O–H groups in total. The third-order valence-electron chi connectivity index (χ3n) is 3.63. The first-order chi connectivity index (χ1) is 9.44. The van der Waals surface area contributed by atoms with Gasteiger partial charge in [-0.15, -0.1) is 0 Å². The molecule has 0 amide bonds. The minimum Gasteiger partial charge on any atom is -0.387 e. The summed E-state index contributed by atoms with van der Waals surface area (Å²) in [5.41, 5.74) is 0.859. The van der Waals surface area contributed by atoms with Crippen molar-refractivity contribution in [1.82, 2.24) is 5.32 Å². The van der Waals surface area contributed by atoms with Gasteiger partial charge in [-0.05, 0) is 29.5 Å². The lowest BCUT2D eigenvalue weighted by Crippen LogP contribution is -2.32. The molecule has 0 bridgehead atoms. The number of halogens is 1. The van der Waals surface area contributed by atoms with Gasteiger partial charge in [0.2, 0.25) is 0 Å². The van der Waals surface area contributed by atoms with Gasteiger partial charge in [-0.2, -0.15) is 0 Å². The van der Waals surface area contributed by atoms with Crippen molar-refractivity contribution in [3.8, 4) is 0 Å². The molecule has 0 aliphatic rings. The topological polar surface area (TPSA) is 32.3 Å². The molecule has 1 rings (SSSR count). The maximum atomic E-state index is 13.1. The van der Waals surface area contributed by atoms with Crippen molar-refractivity contribution >= 4 is 0 Å². The van der Waals surface area contributed by atoms with Crippen LogP contribution in [0.3, 0.4) is 0 Å². The predicted octanol–water partition coefficient (Wildman–Crippen LogP) is 4.06. The van der Waals surface area contributed by atoms with E-state index in [1.54, 1.807) is 12.1 Å². The second kappa shape index (κ2) is 8.38. The summed E-state index contributed by atoms with van der Waals surface area (Å²) < 4.78 is 13.1. The molecular weight excluding hydrogens is 253 g/mol. The van der Waals surface area contributed by atoms with Gasteiger partial charge in [-0.1, -0.05) is 52.2 Å². The molecule has 0 spiro atoms. The number of rotatable bonds is 9. The van der Waals surface area contributed by atoms with Gasteiger partial charge < -0.3 is 10.4 Å². The van der Waals surface area contributed by atoms with Crippen LogP contribution < -0.4 is 5.32 Å². The van der Waals surface area contributed by atoms with E-state index in [1.165, 1.54) is 37.8 Å². The Morgan fingerprint density at radius 2 is 2.05 bits per heavy atom. The molecule has 1 aromatic rings. The SMILES string of the molecule is CCCCCC(C)(C)CNCC(O)c1cccc(F)c1. The molecule has 0 saturated heterocycles. The Bertz CT molecular complexity index is 392. The molecule has 20 heavy (non-hydrogen) atoms. The quantitative estimate of drug-likeness (QED) is 0.669. The Kier molecular flexibility index (Phi) is 7.17. The van der Waals surface area contributed by atoms with Crippen LogP contribution in [-0.2, 0) is 0 Å². The summed E-state index contributed by atoms with van der Waals surface area (Å²) in [6.45, 7) is 8.01. The summed E-state index contributed by atoms with van der Waals surface area (Å²) in [6.07, 6.45) is 4.29. The van der Waals surface area contributed by atoms with Crippen molar-refractivity contribution in [2.45, 2.75) is 52.6 Å². The van der Waals surface area contributed by atoms with Crippen LogP contribution in [-0.4, -0.2) is 18.2 Å². The molecule has 0 radical (unpaired) electrons. The van der Waals surface area contributed by atoms with E-state index in [0.717, 1.165) is 6.54 Å². The fraction of sp³-hybridized carbons (Fsp3) is 0.647. The Balaban J connectivity index is 2.32. The zero-order valence-corrected chi connectivity index (χ0v) is 13.0. The van der Waals surface area contributed by atoms with Crippen molar-refractivity contribution in [3.63, 3.8) is 0 Å². The van der Waals surface area contributed by atoms with Gasteiger partial charge in [-0.25, -0.2) is 4.39 Å². The zero-order valence-electron chi connectivity index (χ0n) is 13.0. The Morgan fingerprint density at radius 3 is 2.70 bits per heavy atom. The van der Waals surface area contributed by atoms with Crippen LogP contribution in [0.5, 0.6) is 0 Å². The molecule has 0 heterocycles. The van der Waals surface area contributed by atoms with E-state index in [4.69, 9.17) is 0 Å². The van der Waals surface area contributed by atoms with E-state index < -0.39 is 6.10 Å². The van der Waals surface area contributed by atoms with Gasteiger partial charge in [0.15, 0.2) is 0 Å². The highest BCUT2D eigenvalue weighted by atomic mass is 19.1. The monoisotopic (exact) mass is 281 g/mol. The van der Waals surface area contributed by atoms with E-state index in [0.29, 0.717) is 12.1 Å². The normalized spacial score (nSPS) is 13.4. The number of hydrogen-bond acceptors (Lipinski definition) is 2. The minimum absolute atomic E-state index is 0.233. The lowest BCUT2D eigenvalue weighted by Gasteiger charge is -2.26. The van der Waals surface area contributed by atoms with Gasteiger partial charge in [0, 0.05) is 13.1 Å². The standard InChI is InChI=1S/C17H28FNO/c1-4-5-6-10-17(2,3)13-19-12-16(20)14-8-7-9-15(18)11-14/h7-9,11,16,19-20H,4-6,10,12-13H2,1-3H3. The fourth-order valence-electron chi connectivity index (χ4n) is 2.32. The second-order valence-corrected chi connectivity index (χ2v) is 6.32.